The average molecular weight is 221 g/mol. The highest BCUT2D eigenvalue weighted by Gasteiger charge is 2.27. The van der Waals surface area contributed by atoms with Gasteiger partial charge in [-0.05, 0) is 17.8 Å². The Balaban J connectivity index is 4.05. The Morgan fingerprint density at radius 1 is 1.27 bits per heavy atom. The third kappa shape index (κ3) is 3.59. The molecule has 0 aromatic heterocycles. The molecule has 0 aliphatic heterocycles. The molecule has 68 valence electrons. The van der Waals surface area contributed by atoms with Gasteiger partial charge < -0.3 is 0 Å². The predicted octanol–water partition coefficient (Wildman–Crippen LogP) is 4.23. The van der Waals surface area contributed by atoms with Crippen LogP contribution in [0.1, 0.15) is 47.5 Å². The molecule has 0 rings (SSSR count). The lowest BCUT2D eigenvalue weighted by molar-refractivity contribution is 0.211. The van der Waals surface area contributed by atoms with E-state index in [-0.39, 0.29) is 0 Å². The van der Waals surface area contributed by atoms with Gasteiger partial charge in [-0.25, -0.2) is 0 Å². The number of hydrogen-bond donors (Lipinski definition) is 0. The molecule has 0 N–H and O–H groups in total. The lowest BCUT2D eigenvalue weighted by Gasteiger charge is -2.33. The first-order chi connectivity index (χ1) is 4.91. The van der Waals surface area contributed by atoms with Gasteiger partial charge in [-0.15, -0.1) is 0 Å². The molecular weight excluding hydrogens is 200 g/mol. The fourth-order valence-electron chi connectivity index (χ4n) is 1.49. The zero-order valence-electron chi connectivity index (χ0n) is 8.45. The minimum Gasteiger partial charge on any atom is -0.0891 e. The highest BCUT2D eigenvalue weighted by Crippen LogP contribution is 2.36. The number of hydrogen-bond acceptors (Lipinski definition) is 0. The minimum atomic E-state index is 0.484. The van der Waals surface area contributed by atoms with Crippen LogP contribution < -0.4 is 0 Å². The van der Waals surface area contributed by atoms with Crippen molar-refractivity contribution in [1.29, 1.82) is 0 Å². The van der Waals surface area contributed by atoms with Crippen LogP contribution in [0, 0.1) is 11.3 Å². The second-order valence-corrected chi connectivity index (χ2v) is 5.65. The van der Waals surface area contributed by atoms with Gasteiger partial charge in [0.1, 0.15) is 0 Å². The van der Waals surface area contributed by atoms with Crippen LogP contribution in [-0.4, -0.2) is 4.83 Å². The Kier molecular flexibility index (Phi) is 4.69. The highest BCUT2D eigenvalue weighted by atomic mass is 79.9. The number of halogens is 1. The van der Waals surface area contributed by atoms with Crippen LogP contribution >= 0.6 is 15.9 Å². The van der Waals surface area contributed by atoms with E-state index in [4.69, 9.17) is 0 Å². The molecule has 0 radical (unpaired) electrons. The third-order valence-electron chi connectivity index (χ3n) is 2.82. The lowest BCUT2D eigenvalue weighted by Crippen LogP contribution is -2.26. The molecule has 0 aromatic carbocycles. The standard InChI is InChI=1S/C10H21Br/c1-6-7-10(4,5)8(2)9(3)11/h8-9H,6-7H2,1-5H3. The zero-order valence-corrected chi connectivity index (χ0v) is 10.0. The fourth-order valence-corrected chi connectivity index (χ4v) is 2.21. The Labute approximate surface area is 79.9 Å². The maximum absolute atomic E-state index is 3.65. The first-order valence-electron chi connectivity index (χ1n) is 4.56. The van der Waals surface area contributed by atoms with Crippen LogP contribution in [0.4, 0.5) is 0 Å². The van der Waals surface area contributed by atoms with Gasteiger partial charge >= 0.3 is 0 Å². The molecule has 0 aromatic rings. The normalized spacial score (nSPS) is 18.0. The Hall–Kier alpha value is 0.480. The van der Waals surface area contributed by atoms with Crippen LogP contribution in [0.5, 0.6) is 0 Å². The van der Waals surface area contributed by atoms with Crippen molar-refractivity contribution in [3.63, 3.8) is 0 Å². The van der Waals surface area contributed by atoms with E-state index in [1.807, 2.05) is 0 Å². The molecule has 0 saturated heterocycles. The SMILES string of the molecule is CCCC(C)(C)C(C)C(C)Br. The van der Waals surface area contributed by atoms with Crippen molar-refractivity contribution in [2.45, 2.75) is 52.3 Å². The van der Waals surface area contributed by atoms with Gasteiger partial charge in [0.2, 0.25) is 0 Å². The molecule has 11 heavy (non-hydrogen) atoms. The van der Waals surface area contributed by atoms with E-state index < -0.39 is 0 Å². The van der Waals surface area contributed by atoms with E-state index in [0.717, 1.165) is 5.92 Å². The summed E-state index contributed by atoms with van der Waals surface area (Å²) in [5.41, 5.74) is 0.484. The van der Waals surface area contributed by atoms with E-state index >= 15 is 0 Å². The van der Waals surface area contributed by atoms with Crippen LogP contribution in [0.25, 0.3) is 0 Å². The zero-order chi connectivity index (χ0) is 9.07. The smallest absolute Gasteiger partial charge is 0.0148 e. The second-order valence-electron chi connectivity index (χ2n) is 4.20. The quantitative estimate of drug-likeness (QED) is 0.623. The van der Waals surface area contributed by atoms with E-state index in [9.17, 15) is 0 Å². The highest BCUT2D eigenvalue weighted by molar-refractivity contribution is 9.09. The topological polar surface area (TPSA) is 0 Å². The van der Waals surface area contributed by atoms with Gasteiger partial charge in [0, 0.05) is 4.83 Å². The van der Waals surface area contributed by atoms with Crippen LogP contribution in [0.15, 0.2) is 0 Å². The van der Waals surface area contributed by atoms with Crippen molar-refractivity contribution in [3.8, 4) is 0 Å². The van der Waals surface area contributed by atoms with Gasteiger partial charge in [0.25, 0.3) is 0 Å². The number of alkyl halides is 1. The van der Waals surface area contributed by atoms with Gasteiger partial charge in [-0.3, -0.25) is 0 Å². The van der Waals surface area contributed by atoms with Crippen molar-refractivity contribution in [3.05, 3.63) is 0 Å². The summed E-state index contributed by atoms with van der Waals surface area (Å²) in [5, 5.41) is 0. The molecule has 0 aliphatic carbocycles. The molecule has 0 bridgehead atoms. The van der Waals surface area contributed by atoms with Crippen LogP contribution in [-0.2, 0) is 0 Å². The van der Waals surface area contributed by atoms with Crippen molar-refractivity contribution in [1.82, 2.24) is 0 Å². The summed E-state index contributed by atoms with van der Waals surface area (Å²) in [5.74, 6) is 0.752. The van der Waals surface area contributed by atoms with Crippen molar-refractivity contribution >= 4 is 15.9 Å². The first kappa shape index (κ1) is 11.5. The maximum Gasteiger partial charge on any atom is 0.0148 e. The maximum atomic E-state index is 3.65. The Morgan fingerprint density at radius 3 is 2.00 bits per heavy atom. The largest absolute Gasteiger partial charge is 0.0891 e. The summed E-state index contributed by atoms with van der Waals surface area (Å²) >= 11 is 3.65. The molecule has 2 atom stereocenters. The summed E-state index contributed by atoms with van der Waals surface area (Å²) in [6.07, 6.45) is 2.61. The van der Waals surface area contributed by atoms with Crippen LogP contribution in [0.3, 0.4) is 0 Å². The van der Waals surface area contributed by atoms with E-state index in [1.165, 1.54) is 12.8 Å². The third-order valence-corrected chi connectivity index (χ3v) is 3.61. The summed E-state index contributed by atoms with van der Waals surface area (Å²) < 4.78 is 0. The average Bonchev–Trinajstić information content (AvgIpc) is 1.86. The second kappa shape index (κ2) is 4.49. The molecule has 0 fully saturated rings. The van der Waals surface area contributed by atoms with Crippen LogP contribution in [0.2, 0.25) is 0 Å². The molecule has 1 heteroatoms. The van der Waals surface area contributed by atoms with Crippen molar-refractivity contribution < 1.29 is 0 Å². The summed E-state index contributed by atoms with van der Waals surface area (Å²) in [4.78, 5) is 0.629. The molecule has 0 spiro atoms. The van der Waals surface area contributed by atoms with Crippen molar-refractivity contribution in [2.24, 2.45) is 11.3 Å². The first-order valence-corrected chi connectivity index (χ1v) is 5.47. The molecule has 2 unspecified atom stereocenters. The lowest BCUT2D eigenvalue weighted by atomic mass is 9.75. The molecule has 0 heterocycles. The summed E-state index contributed by atoms with van der Waals surface area (Å²) in [6.45, 7) is 11.5. The summed E-state index contributed by atoms with van der Waals surface area (Å²) in [7, 11) is 0. The molecule has 0 saturated carbocycles. The molecule has 0 nitrogen and oxygen atoms in total. The van der Waals surface area contributed by atoms with E-state index in [0.29, 0.717) is 10.2 Å². The molecule has 0 aliphatic rings. The monoisotopic (exact) mass is 220 g/mol. The molecule has 0 amide bonds. The van der Waals surface area contributed by atoms with Gasteiger partial charge in [-0.1, -0.05) is 57.0 Å². The summed E-state index contributed by atoms with van der Waals surface area (Å²) in [6, 6.07) is 0. The Bertz CT molecular complexity index is 105. The van der Waals surface area contributed by atoms with Gasteiger partial charge in [0.05, 0.1) is 0 Å². The Morgan fingerprint density at radius 2 is 1.73 bits per heavy atom. The predicted molar refractivity (Wildman–Crippen MR) is 56.2 cm³/mol. The van der Waals surface area contributed by atoms with E-state index in [1.54, 1.807) is 0 Å². The van der Waals surface area contributed by atoms with E-state index in [2.05, 4.69) is 50.5 Å². The van der Waals surface area contributed by atoms with Gasteiger partial charge in [0.15, 0.2) is 0 Å². The fraction of sp³-hybridized carbons (Fsp3) is 1.00. The minimum absolute atomic E-state index is 0.484. The number of rotatable bonds is 4. The molecular formula is C10H21Br. The van der Waals surface area contributed by atoms with Crippen molar-refractivity contribution in [2.75, 3.05) is 0 Å². The van der Waals surface area contributed by atoms with Gasteiger partial charge in [-0.2, -0.15) is 0 Å².